The Morgan fingerprint density at radius 2 is 2.18 bits per heavy atom. The van der Waals surface area contributed by atoms with Crippen LogP contribution in [0.4, 0.5) is 0 Å². The number of likely N-dealkylation sites (N-methyl/N-ethyl adjacent to an activating group) is 1. The van der Waals surface area contributed by atoms with Crippen LogP contribution in [0.1, 0.15) is 31.9 Å². The molecular formula is C14H22N2O. The van der Waals surface area contributed by atoms with Crippen LogP contribution < -0.4 is 10.5 Å². The van der Waals surface area contributed by atoms with E-state index in [0.717, 1.165) is 18.7 Å². The topological polar surface area (TPSA) is 38.5 Å². The molecule has 94 valence electrons. The SMILES string of the molecule is CC(C)Oc1cccc(C2C(N)CCN2C)c1. The predicted molar refractivity (Wildman–Crippen MR) is 70.2 cm³/mol. The van der Waals surface area contributed by atoms with Crippen molar-refractivity contribution in [2.75, 3.05) is 13.6 Å². The van der Waals surface area contributed by atoms with Crippen molar-refractivity contribution in [3.63, 3.8) is 0 Å². The van der Waals surface area contributed by atoms with E-state index in [2.05, 4.69) is 24.1 Å². The first-order chi connectivity index (χ1) is 8.08. The molecule has 2 unspecified atom stereocenters. The average Bonchev–Trinajstić information content (AvgIpc) is 2.58. The first-order valence-corrected chi connectivity index (χ1v) is 6.30. The Morgan fingerprint density at radius 3 is 2.76 bits per heavy atom. The lowest BCUT2D eigenvalue weighted by Crippen LogP contribution is -2.29. The molecule has 0 amide bonds. The minimum atomic E-state index is 0.209. The zero-order valence-electron chi connectivity index (χ0n) is 10.9. The van der Waals surface area contributed by atoms with Gasteiger partial charge in [-0.25, -0.2) is 0 Å². The fraction of sp³-hybridized carbons (Fsp3) is 0.571. The molecule has 3 nitrogen and oxygen atoms in total. The summed E-state index contributed by atoms with van der Waals surface area (Å²) in [5.74, 6) is 0.935. The number of nitrogens with zero attached hydrogens (tertiary/aromatic N) is 1. The van der Waals surface area contributed by atoms with E-state index < -0.39 is 0 Å². The van der Waals surface area contributed by atoms with E-state index in [4.69, 9.17) is 10.5 Å². The van der Waals surface area contributed by atoms with Crippen LogP contribution in [-0.4, -0.2) is 30.6 Å². The van der Waals surface area contributed by atoms with Crippen molar-refractivity contribution in [3.8, 4) is 5.75 Å². The van der Waals surface area contributed by atoms with E-state index in [9.17, 15) is 0 Å². The van der Waals surface area contributed by atoms with E-state index in [1.807, 2.05) is 26.0 Å². The molecule has 0 radical (unpaired) electrons. The van der Waals surface area contributed by atoms with Crippen LogP contribution in [0.25, 0.3) is 0 Å². The van der Waals surface area contributed by atoms with Gasteiger partial charge in [0.15, 0.2) is 0 Å². The van der Waals surface area contributed by atoms with Gasteiger partial charge in [-0.15, -0.1) is 0 Å². The van der Waals surface area contributed by atoms with Crippen LogP contribution >= 0.6 is 0 Å². The van der Waals surface area contributed by atoms with Gasteiger partial charge in [-0.1, -0.05) is 12.1 Å². The maximum Gasteiger partial charge on any atom is 0.120 e. The molecule has 1 saturated heterocycles. The molecule has 0 bridgehead atoms. The molecule has 2 atom stereocenters. The summed E-state index contributed by atoms with van der Waals surface area (Å²) < 4.78 is 5.73. The van der Waals surface area contributed by atoms with Gasteiger partial charge in [0.05, 0.1) is 6.10 Å². The second-order valence-corrected chi connectivity index (χ2v) is 5.12. The van der Waals surface area contributed by atoms with E-state index in [1.165, 1.54) is 5.56 Å². The molecule has 1 aromatic rings. The Morgan fingerprint density at radius 1 is 1.41 bits per heavy atom. The molecular weight excluding hydrogens is 212 g/mol. The third-order valence-electron chi connectivity index (χ3n) is 3.27. The Labute approximate surface area is 104 Å². The normalized spacial score (nSPS) is 25.5. The van der Waals surface area contributed by atoms with Crippen molar-refractivity contribution in [2.24, 2.45) is 5.73 Å². The number of hydrogen-bond acceptors (Lipinski definition) is 3. The summed E-state index contributed by atoms with van der Waals surface area (Å²) in [6, 6.07) is 8.86. The van der Waals surface area contributed by atoms with Gasteiger partial charge in [0, 0.05) is 18.6 Å². The Bertz CT molecular complexity index is 368. The van der Waals surface area contributed by atoms with Crippen LogP contribution in [0.5, 0.6) is 5.75 Å². The number of ether oxygens (including phenoxy) is 1. The number of hydrogen-bond donors (Lipinski definition) is 1. The van der Waals surface area contributed by atoms with Gasteiger partial charge in [0.1, 0.15) is 5.75 Å². The summed E-state index contributed by atoms with van der Waals surface area (Å²) in [7, 11) is 2.13. The van der Waals surface area contributed by atoms with Crippen LogP contribution in [0.15, 0.2) is 24.3 Å². The number of benzene rings is 1. The van der Waals surface area contributed by atoms with Crippen molar-refractivity contribution in [2.45, 2.75) is 38.5 Å². The van der Waals surface area contributed by atoms with Crippen LogP contribution in [0.2, 0.25) is 0 Å². The fourth-order valence-corrected chi connectivity index (χ4v) is 2.52. The Kier molecular flexibility index (Phi) is 3.69. The number of likely N-dealkylation sites (tertiary alicyclic amines) is 1. The largest absolute Gasteiger partial charge is 0.491 e. The molecule has 0 aromatic heterocycles. The third kappa shape index (κ3) is 2.79. The monoisotopic (exact) mass is 234 g/mol. The van der Waals surface area contributed by atoms with Gasteiger partial charge in [-0.2, -0.15) is 0 Å². The van der Waals surface area contributed by atoms with Crippen molar-refractivity contribution < 1.29 is 4.74 Å². The molecule has 1 aromatic carbocycles. The third-order valence-corrected chi connectivity index (χ3v) is 3.27. The van der Waals surface area contributed by atoms with Gasteiger partial charge in [-0.05, 0) is 45.0 Å². The summed E-state index contributed by atoms with van der Waals surface area (Å²) in [5.41, 5.74) is 7.43. The van der Waals surface area contributed by atoms with Crippen LogP contribution in [0, 0.1) is 0 Å². The van der Waals surface area contributed by atoms with Crippen molar-refractivity contribution in [1.29, 1.82) is 0 Å². The molecule has 1 aliphatic rings. The molecule has 0 aliphatic carbocycles. The Balaban J connectivity index is 2.20. The minimum absolute atomic E-state index is 0.209. The van der Waals surface area contributed by atoms with Gasteiger partial charge in [0.25, 0.3) is 0 Å². The minimum Gasteiger partial charge on any atom is -0.491 e. The lowest BCUT2D eigenvalue weighted by atomic mass is 10.0. The molecule has 2 N–H and O–H groups in total. The van der Waals surface area contributed by atoms with E-state index in [-0.39, 0.29) is 12.1 Å². The molecule has 3 heteroatoms. The lowest BCUT2D eigenvalue weighted by Gasteiger charge is -2.23. The van der Waals surface area contributed by atoms with Gasteiger partial charge in [0.2, 0.25) is 0 Å². The summed E-state index contributed by atoms with van der Waals surface area (Å²) in [6.07, 6.45) is 1.27. The smallest absolute Gasteiger partial charge is 0.120 e. The zero-order valence-corrected chi connectivity index (χ0v) is 10.9. The van der Waals surface area contributed by atoms with Crippen molar-refractivity contribution >= 4 is 0 Å². The van der Waals surface area contributed by atoms with Crippen LogP contribution in [0.3, 0.4) is 0 Å². The first kappa shape index (κ1) is 12.4. The Hall–Kier alpha value is -1.06. The van der Waals surface area contributed by atoms with Gasteiger partial charge < -0.3 is 10.5 Å². The van der Waals surface area contributed by atoms with Crippen LogP contribution in [-0.2, 0) is 0 Å². The zero-order chi connectivity index (χ0) is 12.4. The second-order valence-electron chi connectivity index (χ2n) is 5.12. The number of rotatable bonds is 3. The predicted octanol–water partition coefficient (Wildman–Crippen LogP) is 2.18. The maximum atomic E-state index is 6.17. The summed E-state index contributed by atoms with van der Waals surface area (Å²) >= 11 is 0. The maximum absolute atomic E-state index is 6.17. The first-order valence-electron chi connectivity index (χ1n) is 6.30. The van der Waals surface area contributed by atoms with Crippen molar-refractivity contribution in [1.82, 2.24) is 4.90 Å². The molecule has 0 spiro atoms. The standard InChI is InChI=1S/C14H22N2O/c1-10(2)17-12-6-4-5-11(9-12)14-13(15)7-8-16(14)3/h4-6,9-10,13-14H,7-8,15H2,1-3H3. The number of nitrogens with two attached hydrogens (primary N) is 1. The van der Waals surface area contributed by atoms with Gasteiger partial charge >= 0.3 is 0 Å². The highest BCUT2D eigenvalue weighted by Crippen LogP contribution is 2.31. The summed E-state index contributed by atoms with van der Waals surface area (Å²) in [5, 5.41) is 0. The highest BCUT2D eigenvalue weighted by atomic mass is 16.5. The quantitative estimate of drug-likeness (QED) is 0.871. The fourth-order valence-electron chi connectivity index (χ4n) is 2.52. The van der Waals surface area contributed by atoms with E-state index in [0.29, 0.717) is 6.04 Å². The highest BCUT2D eigenvalue weighted by molar-refractivity contribution is 5.32. The average molecular weight is 234 g/mol. The molecule has 0 saturated carbocycles. The molecule has 1 fully saturated rings. The molecule has 1 aliphatic heterocycles. The molecule has 2 rings (SSSR count). The van der Waals surface area contributed by atoms with E-state index in [1.54, 1.807) is 0 Å². The van der Waals surface area contributed by atoms with E-state index >= 15 is 0 Å². The van der Waals surface area contributed by atoms with Crippen molar-refractivity contribution in [3.05, 3.63) is 29.8 Å². The molecule has 1 heterocycles. The highest BCUT2D eigenvalue weighted by Gasteiger charge is 2.30. The summed E-state index contributed by atoms with van der Waals surface area (Å²) in [6.45, 7) is 5.15. The summed E-state index contributed by atoms with van der Waals surface area (Å²) in [4.78, 5) is 2.32. The molecule has 17 heavy (non-hydrogen) atoms. The van der Waals surface area contributed by atoms with Gasteiger partial charge in [-0.3, -0.25) is 4.90 Å². The second kappa shape index (κ2) is 5.07. The lowest BCUT2D eigenvalue weighted by molar-refractivity contribution is 0.241.